The van der Waals surface area contributed by atoms with Gasteiger partial charge in [-0.25, -0.2) is 4.98 Å². The molecular formula is C21H25N5O2S. The zero-order valence-corrected chi connectivity index (χ0v) is 17.3. The van der Waals surface area contributed by atoms with Gasteiger partial charge in [-0.2, -0.15) is 4.52 Å². The van der Waals surface area contributed by atoms with E-state index in [2.05, 4.69) is 22.3 Å². The zero-order chi connectivity index (χ0) is 20.2. The third-order valence-electron chi connectivity index (χ3n) is 5.15. The van der Waals surface area contributed by atoms with Gasteiger partial charge in [-0.05, 0) is 31.2 Å². The van der Waals surface area contributed by atoms with E-state index in [0.717, 1.165) is 49.9 Å². The predicted octanol–water partition coefficient (Wildman–Crippen LogP) is 2.78. The number of fused-ring (bicyclic) bond motifs is 1. The van der Waals surface area contributed by atoms with Crippen molar-refractivity contribution in [2.75, 3.05) is 11.4 Å². The third kappa shape index (κ3) is 4.32. The van der Waals surface area contributed by atoms with Gasteiger partial charge in [0.2, 0.25) is 16.0 Å². The molecule has 4 rings (SSSR count). The number of hydrogen-bond acceptors (Lipinski definition) is 6. The van der Waals surface area contributed by atoms with E-state index in [-0.39, 0.29) is 17.5 Å². The van der Waals surface area contributed by atoms with Gasteiger partial charge in [0, 0.05) is 24.8 Å². The van der Waals surface area contributed by atoms with Crippen LogP contribution in [0.1, 0.15) is 43.9 Å². The van der Waals surface area contributed by atoms with Crippen LogP contribution in [0.5, 0.6) is 0 Å². The summed E-state index contributed by atoms with van der Waals surface area (Å²) in [6.45, 7) is 3.32. The van der Waals surface area contributed by atoms with Crippen molar-refractivity contribution < 1.29 is 4.79 Å². The van der Waals surface area contributed by atoms with E-state index in [1.165, 1.54) is 15.9 Å². The molecule has 1 aliphatic heterocycles. The summed E-state index contributed by atoms with van der Waals surface area (Å²) < 4.78 is 1.35. The number of nitrogens with zero attached hydrogens (tertiary/aromatic N) is 4. The minimum absolute atomic E-state index is 0.000197. The maximum atomic E-state index is 12.9. The van der Waals surface area contributed by atoms with Gasteiger partial charge in [0.25, 0.3) is 5.56 Å². The van der Waals surface area contributed by atoms with Crippen LogP contribution >= 0.6 is 11.3 Å². The normalized spacial score (nSPS) is 16.9. The number of aromatic nitrogens is 3. The lowest BCUT2D eigenvalue weighted by atomic mass is 10.0. The molecule has 1 amide bonds. The van der Waals surface area contributed by atoms with Gasteiger partial charge in [-0.15, -0.1) is 5.10 Å². The summed E-state index contributed by atoms with van der Waals surface area (Å²) in [7, 11) is 0. The van der Waals surface area contributed by atoms with E-state index >= 15 is 0 Å². The maximum absolute atomic E-state index is 12.9. The number of benzene rings is 1. The van der Waals surface area contributed by atoms with E-state index in [4.69, 9.17) is 0 Å². The smallest absolute Gasteiger partial charge is 0.275 e. The molecule has 0 radical (unpaired) electrons. The highest BCUT2D eigenvalue weighted by molar-refractivity contribution is 7.20. The Labute approximate surface area is 173 Å². The molecular weight excluding hydrogens is 386 g/mol. The molecule has 152 valence electrons. The lowest BCUT2D eigenvalue weighted by Gasteiger charge is -2.34. The quantitative estimate of drug-likeness (QED) is 0.675. The number of aryl methyl sites for hydroxylation is 1. The van der Waals surface area contributed by atoms with Crippen LogP contribution in [-0.4, -0.2) is 33.1 Å². The van der Waals surface area contributed by atoms with Crippen LogP contribution in [0.4, 0.5) is 5.13 Å². The summed E-state index contributed by atoms with van der Waals surface area (Å²) in [6.07, 6.45) is 4.49. The van der Waals surface area contributed by atoms with E-state index in [1.807, 2.05) is 35.2 Å². The maximum Gasteiger partial charge on any atom is 0.275 e. The Morgan fingerprint density at radius 1 is 1.28 bits per heavy atom. The number of hydrogen-bond donors (Lipinski definition) is 1. The number of anilines is 1. The minimum atomic E-state index is -0.279. The van der Waals surface area contributed by atoms with Gasteiger partial charge in [0.15, 0.2) is 0 Å². The van der Waals surface area contributed by atoms with Crippen LogP contribution < -0.4 is 15.8 Å². The standard InChI is InChI=1S/C21H25N5O2S/c1-2-8-16-13-18(27)26-20(23-16)29-21(24-26)25-12-7-6-11-17(25)19(28)22-14-15-9-4-3-5-10-15/h3-5,9-10,13,17H,2,6-8,11-12,14H2,1H3,(H,22,28)/t17-/m1/s1. The molecule has 1 N–H and O–H groups in total. The van der Waals surface area contributed by atoms with E-state index in [1.54, 1.807) is 6.07 Å². The van der Waals surface area contributed by atoms with Crippen LogP contribution in [0.15, 0.2) is 41.2 Å². The first kappa shape index (κ1) is 19.6. The largest absolute Gasteiger partial charge is 0.350 e. The molecule has 7 nitrogen and oxygen atoms in total. The Balaban J connectivity index is 1.56. The topological polar surface area (TPSA) is 79.6 Å². The van der Waals surface area contributed by atoms with Gasteiger partial charge < -0.3 is 10.2 Å². The lowest BCUT2D eigenvalue weighted by molar-refractivity contribution is -0.123. The number of amides is 1. The highest BCUT2D eigenvalue weighted by Crippen LogP contribution is 2.28. The molecule has 2 aromatic heterocycles. The summed E-state index contributed by atoms with van der Waals surface area (Å²) in [5.41, 5.74) is 1.70. The number of nitrogens with one attached hydrogen (secondary N) is 1. The molecule has 1 fully saturated rings. The second-order valence-corrected chi connectivity index (χ2v) is 8.26. The van der Waals surface area contributed by atoms with Crippen LogP contribution in [0, 0.1) is 0 Å². The average Bonchev–Trinajstić information content (AvgIpc) is 3.18. The fraction of sp³-hybridized carbons (Fsp3) is 0.429. The van der Waals surface area contributed by atoms with Crippen LogP contribution in [0.25, 0.3) is 4.96 Å². The first-order valence-corrected chi connectivity index (χ1v) is 11.0. The first-order valence-electron chi connectivity index (χ1n) is 10.1. The third-order valence-corrected chi connectivity index (χ3v) is 6.10. The SMILES string of the molecule is CCCc1cc(=O)n2nc(N3CCCC[C@@H]3C(=O)NCc3ccccc3)sc2n1. The molecule has 1 aromatic carbocycles. The summed E-state index contributed by atoms with van der Waals surface area (Å²) in [5.74, 6) is -0.000197. The molecule has 0 unspecified atom stereocenters. The molecule has 3 heterocycles. The second kappa shape index (κ2) is 8.73. The van der Waals surface area contributed by atoms with Crippen molar-refractivity contribution in [2.24, 2.45) is 0 Å². The van der Waals surface area contributed by atoms with Gasteiger partial charge in [-0.3, -0.25) is 9.59 Å². The minimum Gasteiger partial charge on any atom is -0.350 e. The Hall–Kier alpha value is -2.74. The molecule has 1 aliphatic rings. The summed E-state index contributed by atoms with van der Waals surface area (Å²) >= 11 is 1.38. The van der Waals surface area contributed by atoms with E-state index in [9.17, 15) is 9.59 Å². The fourth-order valence-corrected chi connectivity index (χ4v) is 4.68. The molecule has 0 aliphatic carbocycles. The molecule has 8 heteroatoms. The molecule has 0 saturated carbocycles. The number of rotatable bonds is 6. The number of carbonyl (C=O) groups excluding carboxylic acids is 1. The van der Waals surface area contributed by atoms with Crippen molar-refractivity contribution in [1.82, 2.24) is 19.9 Å². The van der Waals surface area contributed by atoms with Crippen LogP contribution in [0.3, 0.4) is 0 Å². The Morgan fingerprint density at radius 3 is 2.90 bits per heavy atom. The highest BCUT2D eigenvalue weighted by Gasteiger charge is 2.31. The fourth-order valence-electron chi connectivity index (χ4n) is 3.68. The van der Waals surface area contributed by atoms with Crippen molar-refractivity contribution >= 4 is 27.3 Å². The van der Waals surface area contributed by atoms with Crippen molar-refractivity contribution in [1.29, 1.82) is 0 Å². The highest BCUT2D eigenvalue weighted by atomic mass is 32.1. The summed E-state index contributed by atoms with van der Waals surface area (Å²) in [5, 5.41) is 8.23. The Morgan fingerprint density at radius 2 is 2.10 bits per heavy atom. The monoisotopic (exact) mass is 411 g/mol. The zero-order valence-electron chi connectivity index (χ0n) is 16.5. The van der Waals surface area contributed by atoms with Crippen molar-refractivity contribution in [3.05, 3.63) is 58.0 Å². The Kier molecular flexibility index (Phi) is 5.89. The lowest BCUT2D eigenvalue weighted by Crippen LogP contribution is -2.49. The Bertz CT molecular complexity index is 1050. The van der Waals surface area contributed by atoms with Gasteiger partial charge in [-0.1, -0.05) is 55.0 Å². The number of piperidine rings is 1. The molecule has 1 saturated heterocycles. The van der Waals surface area contributed by atoms with Crippen molar-refractivity contribution in [3.8, 4) is 0 Å². The van der Waals surface area contributed by atoms with Gasteiger partial charge in [0.1, 0.15) is 6.04 Å². The summed E-state index contributed by atoms with van der Waals surface area (Å²) in [4.78, 5) is 32.5. The van der Waals surface area contributed by atoms with Crippen molar-refractivity contribution in [2.45, 2.75) is 51.6 Å². The average molecular weight is 412 g/mol. The van der Waals surface area contributed by atoms with Gasteiger partial charge >= 0.3 is 0 Å². The molecule has 0 bridgehead atoms. The molecule has 0 spiro atoms. The number of carbonyl (C=O) groups is 1. The summed E-state index contributed by atoms with van der Waals surface area (Å²) in [6, 6.07) is 11.2. The van der Waals surface area contributed by atoms with E-state index in [0.29, 0.717) is 16.6 Å². The predicted molar refractivity (Wildman–Crippen MR) is 114 cm³/mol. The van der Waals surface area contributed by atoms with Crippen LogP contribution in [0.2, 0.25) is 0 Å². The molecule has 3 aromatic rings. The van der Waals surface area contributed by atoms with Crippen molar-refractivity contribution in [3.63, 3.8) is 0 Å². The molecule has 29 heavy (non-hydrogen) atoms. The van der Waals surface area contributed by atoms with E-state index < -0.39 is 0 Å². The van der Waals surface area contributed by atoms with Gasteiger partial charge in [0.05, 0.1) is 0 Å². The second-order valence-electron chi connectivity index (χ2n) is 7.32. The molecule has 1 atom stereocenters. The first-order chi connectivity index (χ1) is 14.2. The van der Waals surface area contributed by atoms with Crippen LogP contribution in [-0.2, 0) is 17.8 Å².